The third-order valence-corrected chi connectivity index (χ3v) is 5.15. The number of carbonyl (C=O) groups excluding carboxylic acids is 1. The Kier molecular flexibility index (Phi) is 5.27. The Morgan fingerprint density at radius 3 is 2.87 bits per heavy atom. The highest BCUT2D eigenvalue weighted by Crippen LogP contribution is 2.24. The number of aromatic nitrogens is 4. The van der Waals surface area contributed by atoms with Gasteiger partial charge in [-0.15, -0.1) is 5.10 Å². The van der Waals surface area contributed by atoms with Crippen LogP contribution in [0.5, 0.6) is 0 Å². The zero-order chi connectivity index (χ0) is 16.1. The van der Waals surface area contributed by atoms with Gasteiger partial charge in [0.25, 0.3) is 0 Å². The first-order chi connectivity index (χ1) is 11.2. The highest BCUT2D eigenvalue weighted by molar-refractivity contribution is 7.99. The van der Waals surface area contributed by atoms with Gasteiger partial charge in [0.2, 0.25) is 11.1 Å². The molecule has 1 saturated carbocycles. The minimum Gasteiger partial charge on any atom is -0.352 e. The number of thioether (sulfide) groups is 1. The van der Waals surface area contributed by atoms with E-state index in [9.17, 15) is 4.79 Å². The molecule has 3 rings (SSSR count). The summed E-state index contributed by atoms with van der Waals surface area (Å²) in [5, 5.41) is 15.5. The van der Waals surface area contributed by atoms with Crippen LogP contribution in [0.1, 0.15) is 32.6 Å². The van der Waals surface area contributed by atoms with Crippen molar-refractivity contribution in [1.82, 2.24) is 25.5 Å². The fourth-order valence-corrected chi connectivity index (χ4v) is 3.61. The predicted molar refractivity (Wildman–Crippen MR) is 89.4 cm³/mol. The molecule has 1 heterocycles. The molecule has 2 aromatic rings. The van der Waals surface area contributed by atoms with E-state index in [-0.39, 0.29) is 5.91 Å². The van der Waals surface area contributed by atoms with Crippen LogP contribution in [0.25, 0.3) is 5.69 Å². The molecule has 0 spiro atoms. The third-order valence-electron chi connectivity index (χ3n) is 4.23. The summed E-state index contributed by atoms with van der Waals surface area (Å²) in [5.41, 5.74) is 0.890. The van der Waals surface area contributed by atoms with Crippen LogP contribution in [0.2, 0.25) is 0 Å². The number of rotatable bonds is 5. The number of nitrogens with one attached hydrogen (secondary N) is 1. The second kappa shape index (κ2) is 7.59. The minimum absolute atomic E-state index is 0.0522. The van der Waals surface area contributed by atoms with Gasteiger partial charge in [-0.1, -0.05) is 49.7 Å². The summed E-state index contributed by atoms with van der Waals surface area (Å²) in [5.74, 6) is 0.944. The number of para-hydroxylation sites is 1. The third kappa shape index (κ3) is 4.10. The number of nitrogens with zero attached hydrogens (tertiary/aromatic N) is 4. The first-order valence-corrected chi connectivity index (χ1v) is 8.98. The molecule has 1 amide bonds. The maximum atomic E-state index is 12.2. The van der Waals surface area contributed by atoms with Gasteiger partial charge in [-0.2, -0.15) is 4.68 Å². The summed E-state index contributed by atoms with van der Waals surface area (Å²) in [6.45, 7) is 2.22. The molecule has 7 heteroatoms. The average Bonchev–Trinajstić information content (AvgIpc) is 3.04. The van der Waals surface area contributed by atoms with E-state index in [1.54, 1.807) is 4.68 Å². The van der Waals surface area contributed by atoms with Crippen molar-refractivity contribution in [2.24, 2.45) is 5.92 Å². The lowest BCUT2D eigenvalue weighted by Gasteiger charge is -2.29. The van der Waals surface area contributed by atoms with Crippen LogP contribution in [-0.2, 0) is 4.79 Å². The van der Waals surface area contributed by atoms with Crippen LogP contribution in [-0.4, -0.2) is 37.9 Å². The number of hydrogen-bond donors (Lipinski definition) is 1. The van der Waals surface area contributed by atoms with Crippen molar-refractivity contribution in [3.05, 3.63) is 30.3 Å². The number of benzene rings is 1. The molecular weight excluding hydrogens is 310 g/mol. The molecule has 0 bridgehead atoms. The van der Waals surface area contributed by atoms with Gasteiger partial charge < -0.3 is 5.32 Å². The van der Waals surface area contributed by atoms with Gasteiger partial charge >= 0.3 is 0 Å². The van der Waals surface area contributed by atoms with Crippen LogP contribution in [0.15, 0.2) is 35.5 Å². The largest absolute Gasteiger partial charge is 0.352 e. The number of amides is 1. The Morgan fingerprint density at radius 2 is 2.09 bits per heavy atom. The van der Waals surface area contributed by atoms with E-state index in [1.807, 2.05) is 30.3 Å². The minimum atomic E-state index is 0.0522. The van der Waals surface area contributed by atoms with E-state index < -0.39 is 0 Å². The Hall–Kier alpha value is -1.89. The van der Waals surface area contributed by atoms with E-state index in [1.165, 1.54) is 31.0 Å². The van der Waals surface area contributed by atoms with E-state index >= 15 is 0 Å². The predicted octanol–water partition coefficient (Wildman–Crippen LogP) is 2.45. The van der Waals surface area contributed by atoms with Gasteiger partial charge in [-0.05, 0) is 41.3 Å². The molecule has 0 saturated heterocycles. The zero-order valence-electron chi connectivity index (χ0n) is 13.2. The van der Waals surface area contributed by atoms with Crippen LogP contribution in [0, 0.1) is 5.92 Å². The normalized spacial score (nSPS) is 21.1. The molecule has 23 heavy (non-hydrogen) atoms. The maximum Gasteiger partial charge on any atom is 0.230 e. The number of hydrogen-bond acceptors (Lipinski definition) is 5. The topological polar surface area (TPSA) is 72.7 Å². The highest BCUT2D eigenvalue weighted by atomic mass is 32.2. The highest BCUT2D eigenvalue weighted by Gasteiger charge is 2.23. The van der Waals surface area contributed by atoms with E-state index in [0.29, 0.717) is 22.9 Å². The standard InChI is InChI=1S/C16H21N5OS/c1-12-7-5-6-10-14(12)17-15(22)11-23-16-18-19-20-21(16)13-8-3-2-4-9-13/h2-4,8-9,12,14H,5-7,10-11H2,1H3,(H,17,22)/t12-,14+/m1/s1. The molecule has 0 radical (unpaired) electrons. The molecule has 1 aromatic heterocycles. The van der Waals surface area contributed by atoms with Crippen LogP contribution >= 0.6 is 11.8 Å². The van der Waals surface area contributed by atoms with Crippen LogP contribution < -0.4 is 5.32 Å². The van der Waals surface area contributed by atoms with Crippen molar-refractivity contribution in [3.8, 4) is 5.69 Å². The average molecular weight is 331 g/mol. The van der Waals surface area contributed by atoms with Crippen molar-refractivity contribution >= 4 is 17.7 Å². The van der Waals surface area contributed by atoms with Gasteiger partial charge in [-0.25, -0.2) is 0 Å². The molecule has 1 N–H and O–H groups in total. The lowest BCUT2D eigenvalue weighted by atomic mass is 9.86. The Labute approximate surface area is 140 Å². The van der Waals surface area contributed by atoms with Crippen molar-refractivity contribution in [2.45, 2.75) is 43.8 Å². The van der Waals surface area contributed by atoms with Crippen molar-refractivity contribution in [2.75, 3.05) is 5.75 Å². The zero-order valence-corrected chi connectivity index (χ0v) is 14.0. The molecule has 0 aliphatic heterocycles. The van der Waals surface area contributed by atoms with Crippen LogP contribution in [0.4, 0.5) is 0 Å². The number of tetrazole rings is 1. The second-order valence-electron chi connectivity index (χ2n) is 5.93. The Morgan fingerprint density at radius 1 is 1.30 bits per heavy atom. The quantitative estimate of drug-likeness (QED) is 0.852. The molecule has 1 aliphatic rings. The van der Waals surface area contributed by atoms with E-state index in [4.69, 9.17) is 0 Å². The number of carbonyl (C=O) groups is 1. The fourth-order valence-electron chi connectivity index (χ4n) is 2.91. The Balaban J connectivity index is 1.57. The van der Waals surface area contributed by atoms with Gasteiger partial charge in [-0.3, -0.25) is 4.79 Å². The molecule has 0 unspecified atom stereocenters. The van der Waals surface area contributed by atoms with Gasteiger partial charge in [0.05, 0.1) is 11.4 Å². The summed E-state index contributed by atoms with van der Waals surface area (Å²) in [7, 11) is 0. The summed E-state index contributed by atoms with van der Waals surface area (Å²) < 4.78 is 1.65. The smallest absolute Gasteiger partial charge is 0.230 e. The van der Waals surface area contributed by atoms with Gasteiger partial charge in [0, 0.05) is 6.04 Å². The molecular formula is C16H21N5OS. The first-order valence-electron chi connectivity index (χ1n) is 8.00. The first kappa shape index (κ1) is 16.0. The van der Waals surface area contributed by atoms with Gasteiger partial charge in [0.15, 0.2) is 0 Å². The van der Waals surface area contributed by atoms with E-state index in [2.05, 4.69) is 27.8 Å². The maximum absolute atomic E-state index is 12.2. The summed E-state index contributed by atoms with van der Waals surface area (Å²) in [6, 6.07) is 9.99. The molecule has 1 aliphatic carbocycles. The lowest BCUT2D eigenvalue weighted by Crippen LogP contribution is -2.41. The molecule has 1 fully saturated rings. The Bertz CT molecular complexity index is 645. The summed E-state index contributed by atoms with van der Waals surface area (Å²) in [4.78, 5) is 12.2. The second-order valence-corrected chi connectivity index (χ2v) is 6.88. The van der Waals surface area contributed by atoms with E-state index in [0.717, 1.165) is 12.1 Å². The molecule has 122 valence electrons. The summed E-state index contributed by atoms with van der Waals surface area (Å²) in [6.07, 6.45) is 4.76. The molecule has 2 atom stereocenters. The lowest BCUT2D eigenvalue weighted by molar-refractivity contribution is -0.119. The fraction of sp³-hybridized carbons (Fsp3) is 0.500. The summed E-state index contributed by atoms with van der Waals surface area (Å²) >= 11 is 1.36. The van der Waals surface area contributed by atoms with Crippen molar-refractivity contribution in [3.63, 3.8) is 0 Å². The van der Waals surface area contributed by atoms with Crippen molar-refractivity contribution < 1.29 is 4.79 Å². The molecule has 6 nitrogen and oxygen atoms in total. The van der Waals surface area contributed by atoms with Crippen LogP contribution in [0.3, 0.4) is 0 Å². The monoisotopic (exact) mass is 331 g/mol. The van der Waals surface area contributed by atoms with Gasteiger partial charge in [0.1, 0.15) is 0 Å². The van der Waals surface area contributed by atoms with Crippen molar-refractivity contribution in [1.29, 1.82) is 0 Å². The molecule has 1 aromatic carbocycles. The SMILES string of the molecule is C[C@@H]1CCCC[C@@H]1NC(=O)CSc1nnnn1-c1ccccc1.